The van der Waals surface area contributed by atoms with Crippen LogP contribution in [-0.4, -0.2) is 26.4 Å². The Hall–Kier alpha value is -1.82. The van der Waals surface area contributed by atoms with Crippen LogP contribution in [0.2, 0.25) is 0 Å². The van der Waals surface area contributed by atoms with E-state index in [1.807, 2.05) is 30.3 Å². The molecule has 2 rings (SSSR count). The summed E-state index contributed by atoms with van der Waals surface area (Å²) in [6.45, 7) is 0.555. The van der Waals surface area contributed by atoms with E-state index >= 15 is 0 Å². The van der Waals surface area contributed by atoms with Gasteiger partial charge in [0, 0.05) is 13.6 Å². The number of rotatable bonds is 5. The maximum absolute atomic E-state index is 11.6. The maximum atomic E-state index is 11.6. The van der Waals surface area contributed by atoms with Gasteiger partial charge in [-0.3, -0.25) is 4.79 Å². The van der Waals surface area contributed by atoms with Crippen molar-refractivity contribution < 1.29 is 4.79 Å². The van der Waals surface area contributed by atoms with E-state index in [9.17, 15) is 4.79 Å². The summed E-state index contributed by atoms with van der Waals surface area (Å²) in [6.07, 6.45) is 1.48. The second kappa shape index (κ2) is 6.20. The molecule has 1 amide bonds. The lowest BCUT2D eigenvalue weighted by Crippen LogP contribution is -2.24. The molecule has 18 heavy (non-hydrogen) atoms. The van der Waals surface area contributed by atoms with Crippen molar-refractivity contribution in [1.29, 1.82) is 0 Å². The van der Waals surface area contributed by atoms with Gasteiger partial charge in [0.05, 0.1) is 5.75 Å². The predicted octanol–water partition coefficient (Wildman–Crippen LogP) is 1.22. The van der Waals surface area contributed by atoms with Crippen molar-refractivity contribution in [3.8, 4) is 0 Å². The average molecular weight is 262 g/mol. The van der Waals surface area contributed by atoms with Crippen LogP contribution in [-0.2, 0) is 18.4 Å². The second-order valence-corrected chi connectivity index (χ2v) is 4.66. The van der Waals surface area contributed by atoms with Gasteiger partial charge in [0.2, 0.25) is 5.91 Å². The van der Waals surface area contributed by atoms with Gasteiger partial charge in [0.25, 0.3) is 0 Å². The van der Waals surface area contributed by atoms with Crippen LogP contribution in [0.4, 0.5) is 0 Å². The molecule has 0 aliphatic heterocycles. The van der Waals surface area contributed by atoms with E-state index in [2.05, 4.69) is 15.4 Å². The minimum absolute atomic E-state index is 0.00754. The molecule has 6 heteroatoms. The second-order valence-electron chi connectivity index (χ2n) is 3.72. The average Bonchev–Trinajstić information content (AvgIpc) is 2.81. The minimum atomic E-state index is -0.00754. The Bertz CT molecular complexity index is 512. The predicted molar refractivity (Wildman–Crippen MR) is 70.0 cm³/mol. The minimum Gasteiger partial charge on any atom is -0.351 e. The molecule has 94 valence electrons. The fourth-order valence-electron chi connectivity index (χ4n) is 1.39. The Labute approximate surface area is 110 Å². The van der Waals surface area contributed by atoms with Crippen molar-refractivity contribution in [1.82, 2.24) is 20.1 Å². The van der Waals surface area contributed by atoms with E-state index in [4.69, 9.17) is 0 Å². The van der Waals surface area contributed by atoms with Crippen LogP contribution < -0.4 is 5.32 Å². The van der Waals surface area contributed by atoms with E-state index in [-0.39, 0.29) is 5.91 Å². The number of aromatic nitrogens is 3. The zero-order chi connectivity index (χ0) is 12.8. The molecule has 1 heterocycles. The topological polar surface area (TPSA) is 59.8 Å². The van der Waals surface area contributed by atoms with Crippen LogP contribution >= 0.6 is 11.8 Å². The van der Waals surface area contributed by atoms with E-state index < -0.39 is 0 Å². The summed E-state index contributed by atoms with van der Waals surface area (Å²) < 4.78 is 1.65. The van der Waals surface area contributed by atoms with Crippen molar-refractivity contribution in [2.24, 2.45) is 7.05 Å². The van der Waals surface area contributed by atoms with Crippen molar-refractivity contribution in [2.75, 3.05) is 5.75 Å². The zero-order valence-electron chi connectivity index (χ0n) is 10.0. The number of nitrogens with zero attached hydrogens (tertiary/aromatic N) is 3. The number of thioether (sulfide) groups is 1. The molecule has 1 aromatic carbocycles. The summed E-state index contributed by atoms with van der Waals surface area (Å²) in [5, 5.41) is 7.55. The van der Waals surface area contributed by atoms with Crippen molar-refractivity contribution >= 4 is 17.7 Å². The van der Waals surface area contributed by atoms with Crippen molar-refractivity contribution in [3.63, 3.8) is 0 Å². The van der Waals surface area contributed by atoms with E-state index in [0.717, 1.165) is 10.7 Å². The first kappa shape index (κ1) is 12.6. The highest BCUT2D eigenvalue weighted by molar-refractivity contribution is 7.99. The number of amides is 1. The molecule has 0 unspecified atom stereocenters. The van der Waals surface area contributed by atoms with Gasteiger partial charge in [-0.2, -0.15) is 5.10 Å². The normalized spacial score (nSPS) is 10.3. The molecule has 0 radical (unpaired) electrons. The fourth-order valence-corrected chi connectivity index (χ4v) is 2.11. The van der Waals surface area contributed by atoms with Crippen LogP contribution in [0.1, 0.15) is 5.56 Å². The van der Waals surface area contributed by atoms with Gasteiger partial charge in [-0.05, 0) is 5.56 Å². The largest absolute Gasteiger partial charge is 0.351 e. The molecule has 1 aromatic heterocycles. The number of benzene rings is 1. The first-order valence-electron chi connectivity index (χ1n) is 5.53. The number of carbonyl (C=O) groups excluding carboxylic acids is 1. The highest BCUT2D eigenvalue weighted by Crippen LogP contribution is 2.12. The Morgan fingerprint density at radius 2 is 2.17 bits per heavy atom. The molecule has 0 saturated heterocycles. The number of hydrogen-bond donors (Lipinski definition) is 1. The maximum Gasteiger partial charge on any atom is 0.230 e. The lowest BCUT2D eigenvalue weighted by atomic mass is 10.2. The Morgan fingerprint density at radius 3 is 2.83 bits per heavy atom. The van der Waals surface area contributed by atoms with Gasteiger partial charge in [-0.25, -0.2) is 9.67 Å². The molecule has 0 atom stereocenters. The summed E-state index contributed by atoms with van der Waals surface area (Å²) in [6, 6.07) is 9.83. The Kier molecular flexibility index (Phi) is 4.35. The molecule has 1 N–H and O–H groups in total. The van der Waals surface area contributed by atoms with Crippen LogP contribution in [0.15, 0.2) is 41.8 Å². The van der Waals surface area contributed by atoms with E-state index in [0.29, 0.717) is 12.3 Å². The summed E-state index contributed by atoms with van der Waals surface area (Å²) in [4.78, 5) is 15.7. The molecule has 0 fully saturated rings. The summed E-state index contributed by atoms with van der Waals surface area (Å²) in [5.41, 5.74) is 1.09. The molecular formula is C12H14N4OS. The molecule has 0 saturated carbocycles. The van der Waals surface area contributed by atoms with Gasteiger partial charge in [0.15, 0.2) is 5.16 Å². The van der Waals surface area contributed by atoms with Gasteiger partial charge in [-0.15, -0.1) is 0 Å². The Morgan fingerprint density at radius 1 is 1.39 bits per heavy atom. The number of carbonyl (C=O) groups is 1. The monoisotopic (exact) mass is 262 g/mol. The van der Waals surface area contributed by atoms with Crippen LogP contribution in [0, 0.1) is 0 Å². The number of nitrogens with one attached hydrogen (secondary N) is 1. The van der Waals surface area contributed by atoms with Crippen LogP contribution in [0.3, 0.4) is 0 Å². The third-order valence-electron chi connectivity index (χ3n) is 2.33. The summed E-state index contributed by atoms with van der Waals surface area (Å²) in [7, 11) is 1.80. The molecule has 0 aliphatic rings. The standard InChI is InChI=1S/C12H14N4OS/c1-16-12(14-9-15-16)18-8-11(17)13-7-10-5-3-2-4-6-10/h2-6,9H,7-8H2,1H3,(H,13,17). The zero-order valence-corrected chi connectivity index (χ0v) is 10.9. The van der Waals surface area contributed by atoms with Gasteiger partial charge < -0.3 is 5.32 Å². The first-order valence-corrected chi connectivity index (χ1v) is 6.51. The third kappa shape index (κ3) is 3.59. The molecule has 0 spiro atoms. The quantitative estimate of drug-likeness (QED) is 0.823. The summed E-state index contributed by atoms with van der Waals surface area (Å²) >= 11 is 1.37. The van der Waals surface area contributed by atoms with Crippen molar-refractivity contribution in [3.05, 3.63) is 42.2 Å². The molecule has 5 nitrogen and oxygen atoms in total. The third-order valence-corrected chi connectivity index (χ3v) is 3.37. The first-order chi connectivity index (χ1) is 8.75. The van der Waals surface area contributed by atoms with Gasteiger partial charge >= 0.3 is 0 Å². The molecule has 0 bridgehead atoms. The Balaban J connectivity index is 1.75. The lowest BCUT2D eigenvalue weighted by molar-refractivity contribution is -0.118. The number of aryl methyl sites for hydroxylation is 1. The summed E-state index contributed by atoms with van der Waals surface area (Å²) in [5.74, 6) is 0.339. The SMILES string of the molecule is Cn1ncnc1SCC(=O)NCc1ccccc1. The lowest BCUT2D eigenvalue weighted by Gasteiger charge is -2.04. The van der Waals surface area contributed by atoms with Crippen LogP contribution in [0.25, 0.3) is 0 Å². The fraction of sp³-hybridized carbons (Fsp3) is 0.250. The molecule has 0 aliphatic carbocycles. The van der Waals surface area contributed by atoms with Crippen LogP contribution in [0.5, 0.6) is 0 Å². The number of hydrogen-bond acceptors (Lipinski definition) is 4. The molecular weight excluding hydrogens is 248 g/mol. The van der Waals surface area contributed by atoms with Crippen molar-refractivity contribution in [2.45, 2.75) is 11.7 Å². The van der Waals surface area contributed by atoms with Gasteiger partial charge in [0.1, 0.15) is 6.33 Å². The van der Waals surface area contributed by atoms with E-state index in [1.165, 1.54) is 18.1 Å². The molecule has 2 aromatic rings. The highest BCUT2D eigenvalue weighted by Gasteiger charge is 2.06. The smallest absolute Gasteiger partial charge is 0.230 e. The highest BCUT2D eigenvalue weighted by atomic mass is 32.2. The van der Waals surface area contributed by atoms with Gasteiger partial charge in [-0.1, -0.05) is 42.1 Å². The van der Waals surface area contributed by atoms with E-state index in [1.54, 1.807) is 11.7 Å².